The molecule has 0 saturated heterocycles. The van der Waals surface area contributed by atoms with Crippen LogP contribution in [-0.4, -0.2) is 0 Å². The Morgan fingerprint density at radius 2 is 1.88 bits per heavy atom. The highest BCUT2D eigenvalue weighted by atomic mass is 35.5. The molecule has 0 aliphatic heterocycles. The van der Waals surface area contributed by atoms with Crippen LogP contribution in [0.4, 0.5) is 4.39 Å². The van der Waals surface area contributed by atoms with Gasteiger partial charge in [-0.2, -0.15) is 4.39 Å². The molecule has 8 heavy (non-hydrogen) atoms. The fourth-order valence-corrected chi connectivity index (χ4v) is 0.436. The van der Waals surface area contributed by atoms with Crippen LogP contribution < -0.4 is 0 Å². The molecule has 0 saturated carbocycles. The molecule has 0 radical (unpaired) electrons. The highest BCUT2D eigenvalue weighted by Crippen LogP contribution is 2.17. The Kier molecular flexibility index (Phi) is 3.06. The minimum atomic E-state index is -0.569. The fourth-order valence-electron chi connectivity index (χ4n) is 0.218. The SMILES string of the molecule is C/C(=C(/F)Cl)C(C)C. The Balaban J connectivity index is 4.00. The van der Waals surface area contributed by atoms with Gasteiger partial charge in [-0.3, -0.25) is 0 Å². The van der Waals surface area contributed by atoms with E-state index in [1.807, 2.05) is 13.8 Å². The van der Waals surface area contributed by atoms with Gasteiger partial charge in [0.2, 0.25) is 0 Å². The average molecular weight is 137 g/mol. The van der Waals surface area contributed by atoms with Crippen LogP contribution >= 0.6 is 11.6 Å². The van der Waals surface area contributed by atoms with E-state index in [1.54, 1.807) is 6.92 Å². The monoisotopic (exact) mass is 136 g/mol. The number of halogens is 2. The molecule has 0 amide bonds. The molecule has 0 atom stereocenters. The van der Waals surface area contributed by atoms with Crippen molar-refractivity contribution in [2.24, 2.45) is 5.92 Å². The predicted octanol–water partition coefficient (Wildman–Crippen LogP) is 3.08. The molecule has 0 aromatic heterocycles. The van der Waals surface area contributed by atoms with Gasteiger partial charge in [0.1, 0.15) is 0 Å². The summed E-state index contributed by atoms with van der Waals surface area (Å²) in [5, 5.41) is -0.569. The quantitative estimate of drug-likeness (QED) is 0.520. The van der Waals surface area contributed by atoms with E-state index in [0.29, 0.717) is 5.57 Å². The molecule has 0 rings (SSSR count). The molecule has 0 aromatic carbocycles. The Morgan fingerprint density at radius 3 is 1.88 bits per heavy atom. The molecule has 2 heteroatoms. The van der Waals surface area contributed by atoms with Crippen LogP contribution in [0.1, 0.15) is 20.8 Å². The second-order valence-corrected chi connectivity index (χ2v) is 2.43. The molecule has 0 N–H and O–H groups in total. The number of hydrogen-bond acceptors (Lipinski definition) is 0. The van der Waals surface area contributed by atoms with E-state index in [-0.39, 0.29) is 5.92 Å². The molecule has 0 unspecified atom stereocenters. The van der Waals surface area contributed by atoms with E-state index in [4.69, 9.17) is 11.6 Å². The number of allylic oxidation sites excluding steroid dienone is 1. The van der Waals surface area contributed by atoms with E-state index < -0.39 is 5.29 Å². The third-order valence-corrected chi connectivity index (χ3v) is 1.46. The lowest BCUT2D eigenvalue weighted by molar-refractivity contribution is 0.643. The summed E-state index contributed by atoms with van der Waals surface area (Å²) in [5.41, 5.74) is 0.617. The van der Waals surface area contributed by atoms with Crippen molar-refractivity contribution < 1.29 is 4.39 Å². The van der Waals surface area contributed by atoms with Crippen molar-refractivity contribution in [3.63, 3.8) is 0 Å². The topological polar surface area (TPSA) is 0 Å². The maximum absolute atomic E-state index is 12.0. The van der Waals surface area contributed by atoms with Crippen LogP contribution in [0.15, 0.2) is 10.9 Å². The summed E-state index contributed by atoms with van der Waals surface area (Å²) in [7, 11) is 0. The lowest BCUT2D eigenvalue weighted by Crippen LogP contribution is -1.88. The van der Waals surface area contributed by atoms with Crippen molar-refractivity contribution in [1.82, 2.24) is 0 Å². The first kappa shape index (κ1) is 7.96. The Labute approximate surface area is 54.3 Å². The van der Waals surface area contributed by atoms with Gasteiger partial charge in [-0.25, -0.2) is 0 Å². The predicted molar refractivity (Wildman–Crippen MR) is 34.5 cm³/mol. The maximum atomic E-state index is 12.0. The molecule has 0 fully saturated rings. The van der Waals surface area contributed by atoms with E-state index in [2.05, 4.69) is 0 Å². The van der Waals surface area contributed by atoms with Crippen LogP contribution in [0.5, 0.6) is 0 Å². The maximum Gasteiger partial charge on any atom is 0.188 e. The molecule has 48 valence electrons. The van der Waals surface area contributed by atoms with Gasteiger partial charge < -0.3 is 0 Å². The molecule has 0 nitrogen and oxygen atoms in total. The fraction of sp³-hybridized carbons (Fsp3) is 0.667. The summed E-state index contributed by atoms with van der Waals surface area (Å²) in [6.45, 7) is 5.49. The third-order valence-electron chi connectivity index (χ3n) is 1.16. The van der Waals surface area contributed by atoms with E-state index in [0.717, 1.165) is 0 Å². The first-order valence-corrected chi connectivity index (χ1v) is 2.95. The Bertz CT molecular complexity index is 101. The minimum absolute atomic E-state index is 0.215. The standard InChI is InChI=1S/C6H10ClF/c1-4(2)5(3)6(7)8/h4H,1-3H3/b6-5-. The Morgan fingerprint density at radius 1 is 1.50 bits per heavy atom. The summed E-state index contributed by atoms with van der Waals surface area (Å²) in [5.74, 6) is 0.215. The highest BCUT2D eigenvalue weighted by molar-refractivity contribution is 6.28. The zero-order chi connectivity index (χ0) is 6.73. The van der Waals surface area contributed by atoms with Crippen LogP contribution in [0, 0.1) is 5.92 Å². The van der Waals surface area contributed by atoms with Crippen molar-refractivity contribution in [2.45, 2.75) is 20.8 Å². The van der Waals surface area contributed by atoms with Gasteiger partial charge >= 0.3 is 0 Å². The van der Waals surface area contributed by atoms with Crippen molar-refractivity contribution in [3.05, 3.63) is 10.9 Å². The Hall–Kier alpha value is -0.0400. The van der Waals surface area contributed by atoms with E-state index in [9.17, 15) is 4.39 Å². The second kappa shape index (κ2) is 3.08. The lowest BCUT2D eigenvalue weighted by atomic mass is 10.1. The molecular formula is C6H10ClF. The van der Waals surface area contributed by atoms with Gasteiger partial charge in [0, 0.05) is 0 Å². The molecule has 0 bridgehead atoms. The van der Waals surface area contributed by atoms with Crippen LogP contribution in [-0.2, 0) is 0 Å². The summed E-state index contributed by atoms with van der Waals surface area (Å²) >= 11 is 5.04. The summed E-state index contributed by atoms with van der Waals surface area (Å²) in [6, 6.07) is 0. The molecule has 0 aliphatic carbocycles. The zero-order valence-electron chi connectivity index (χ0n) is 5.33. The van der Waals surface area contributed by atoms with Gasteiger partial charge in [-0.1, -0.05) is 25.4 Å². The van der Waals surface area contributed by atoms with Crippen molar-refractivity contribution >= 4 is 11.6 Å². The lowest BCUT2D eigenvalue weighted by Gasteiger charge is -2.01. The second-order valence-electron chi connectivity index (χ2n) is 2.10. The number of hydrogen-bond donors (Lipinski definition) is 0. The first-order valence-electron chi connectivity index (χ1n) is 2.57. The largest absolute Gasteiger partial charge is 0.194 e. The van der Waals surface area contributed by atoms with Gasteiger partial charge in [-0.05, 0) is 18.4 Å². The van der Waals surface area contributed by atoms with Crippen molar-refractivity contribution in [1.29, 1.82) is 0 Å². The minimum Gasteiger partial charge on any atom is -0.194 e. The average Bonchev–Trinajstić information content (AvgIpc) is 1.64. The first-order chi connectivity index (χ1) is 3.55. The summed E-state index contributed by atoms with van der Waals surface area (Å²) < 4.78 is 12.0. The van der Waals surface area contributed by atoms with E-state index >= 15 is 0 Å². The molecular weight excluding hydrogens is 127 g/mol. The van der Waals surface area contributed by atoms with Gasteiger partial charge in [0.05, 0.1) is 0 Å². The molecule has 0 aliphatic rings. The zero-order valence-corrected chi connectivity index (χ0v) is 6.09. The van der Waals surface area contributed by atoms with Crippen molar-refractivity contribution in [3.8, 4) is 0 Å². The smallest absolute Gasteiger partial charge is 0.188 e. The normalized spacial score (nSPS) is 14.2. The van der Waals surface area contributed by atoms with Crippen LogP contribution in [0.2, 0.25) is 0 Å². The van der Waals surface area contributed by atoms with Gasteiger partial charge in [0.25, 0.3) is 0 Å². The molecule has 0 spiro atoms. The molecule has 0 heterocycles. The van der Waals surface area contributed by atoms with Gasteiger partial charge in [0.15, 0.2) is 5.29 Å². The van der Waals surface area contributed by atoms with E-state index in [1.165, 1.54) is 0 Å². The highest BCUT2D eigenvalue weighted by Gasteiger charge is 2.00. The van der Waals surface area contributed by atoms with Crippen LogP contribution in [0.3, 0.4) is 0 Å². The molecule has 0 aromatic rings. The third kappa shape index (κ3) is 2.31. The van der Waals surface area contributed by atoms with Gasteiger partial charge in [-0.15, -0.1) is 0 Å². The van der Waals surface area contributed by atoms with Crippen molar-refractivity contribution in [2.75, 3.05) is 0 Å². The summed E-state index contributed by atoms with van der Waals surface area (Å²) in [6.07, 6.45) is 0. The summed E-state index contributed by atoms with van der Waals surface area (Å²) in [4.78, 5) is 0. The number of rotatable bonds is 1. The van der Waals surface area contributed by atoms with Crippen LogP contribution in [0.25, 0.3) is 0 Å².